The molecule has 2 saturated heterocycles. The van der Waals surface area contributed by atoms with Gasteiger partial charge in [-0.15, -0.1) is 6.42 Å². The molecule has 0 radical (unpaired) electrons. The van der Waals surface area contributed by atoms with Crippen molar-refractivity contribution in [2.45, 2.75) is 57.1 Å². The summed E-state index contributed by atoms with van der Waals surface area (Å²) in [5.74, 6) is 3.63. The topological polar surface area (TPSA) is 106 Å². The molecule has 2 N–H and O–H groups in total. The third-order valence-electron chi connectivity index (χ3n) is 7.36. The molecule has 0 aromatic carbocycles. The lowest BCUT2D eigenvalue weighted by Crippen LogP contribution is -2.50. The van der Waals surface area contributed by atoms with Crippen molar-refractivity contribution in [1.82, 2.24) is 9.88 Å². The number of rotatable bonds is 5. The summed E-state index contributed by atoms with van der Waals surface area (Å²) in [4.78, 5) is 34.8. The van der Waals surface area contributed by atoms with Crippen molar-refractivity contribution in [3.05, 3.63) is 12.3 Å². The Kier molecular flexibility index (Phi) is 6.66. The lowest BCUT2D eigenvalue weighted by molar-refractivity contribution is -0.139. The Labute approximate surface area is 194 Å². The molecule has 2 aliphatic heterocycles. The number of terminal acetylenes is 1. The molecule has 1 aromatic rings. The van der Waals surface area contributed by atoms with Gasteiger partial charge in [0.05, 0.1) is 37.1 Å². The first kappa shape index (κ1) is 23.2. The molecule has 1 spiro atoms. The molecular formula is C24H32N4O5. The average molecular weight is 457 g/mol. The number of ether oxygens (including phenoxy) is 1. The number of aromatic nitrogens is 1. The first-order chi connectivity index (χ1) is 15.9. The third-order valence-corrected chi connectivity index (χ3v) is 7.36. The predicted molar refractivity (Wildman–Crippen MR) is 123 cm³/mol. The molecule has 3 fully saturated rings. The Morgan fingerprint density at radius 2 is 2.09 bits per heavy atom. The number of hydrogen-bond donors (Lipinski definition) is 2. The fraction of sp³-hybridized carbons (Fsp3) is 0.625. The minimum Gasteiger partial charge on any atom is -0.493 e. The Balaban J connectivity index is 1.53. The zero-order chi connectivity index (χ0) is 23.6. The van der Waals surface area contributed by atoms with Gasteiger partial charge in [-0.25, -0.2) is 9.78 Å². The molecule has 0 unspecified atom stereocenters. The minimum atomic E-state index is -1.16. The van der Waals surface area contributed by atoms with Crippen LogP contribution in [-0.4, -0.2) is 77.5 Å². The highest BCUT2D eigenvalue weighted by atomic mass is 16.5. The van der Waals surface area contributed by atoms with E-state index in [0.29, 0.717) is 23.8 Å². The summed E-state index contributed by atoms with van der Waals surface area (Å²) in [5.41, 5.74) is -0.0913. The quantitative estimate of drug-likeness (QED) is 0.655. The van der Waals surface area contributed by atoms with Crippen LogP contribution in [0.5, 0.6) is 5.75 Å². The fourth-order valence-electron chi connectivity index (χ4n) is 5.58. The van der Waals surface area contributed by atoms with Gasteiger partial charge in [0.25, 0.3) is 0 Å². The number of carbonyl (C=O) groups excluding carboxylic acids is 1. The number of pyridine rings is 1. The zero-order valence-electron chi connectivity index (χ0n) is 19.1. The number of likely N-dealkylation sites (tertiary alicyclic amines) is 1. The predicted octanol–water partition coefficient (Wildman–Crippen LogP) is 2.33. The largest absolute Gasteiger partial charge is 0.493 e. The van der Waals surface area contributed by atoms with E-state index in [-0.39, 0.29) is 24.6 Å². The van der Waals surface area contributed by atoms with E-state index in [1.54, 1.807) is 6.07 Å². The maximum absolute atomic E-state index is 13.6. The van der Waals surface area contributed by atoms with Crippen molar-refractivity contribution < 1.29 is 24.5 Å². The summed E-state index contributed by atoms with van der Waals surface area (Å²) in [7, 11) is 1.52. The Morgan fingerprint density at radius 3 is 2.76 bits per heavy atom. The van der Waals surface area contributed by atoms with E-state index < -0.39 is 11.5 Å². The molecule has 1 aliphatic carbocycles. The van der Waals surface area contributed by atoms with Crippen molar-refractivity contribution in [1.29, 1.82) is 0 Å². The second-order valence-corrected chi connectivity index (χ2v) is 9.31. The number of carboxylic acid groups (broad SMARTS) is 1. The van der Waals surface area contributed by atoms with E-state index in [1.165, 1.54) is 13.3 Å². The first-order valence-corrected chi connectivity index (χ1v) is 11.6. The fourth-order valence-corrected chi connectivity index (χ4v) is 5.58. The third kappa shape index (κ3) is 4.44. The van der Waals surface area contributed by atoms with Crippen LogP contribution < -0.4 is 14.5 Å². The first-order valence-electron chi connectivity index (χ1n) is 11.6. The molecule has 1 atom stereocenters. The van der Waals surface area contributed by atoms with E-state index in [9.17, 15) is 19.8 Å². The van der Waals surface area contributed by atoms with Crippen LogP contribution in [0.2, 0.25) is 0 Å². The van der Waals surface area contributed by atoms with Gasteiger partial charge < -0.3 is 24.7 Å². The average Bonchev–Trinajstić information content (AvgIpc) is 3.12. The van der Waals surface area contributed by atoms with Crippen LogP contribution in [0.1, 0.15) is 44.9 Å². The number of piperidine rings is 1. The van der Waals surface area contributed by atoms with Crippen molar-refractivity contribution in [3.8, 4) is 18.1 Å². The molecule has 3 heterocycles. The number of aliphatic hydroxyl groups is 1. The maximum Gasteiger partial charge on any atom is 0.412 e. The van der Waals surface area contributed by atoms with Crippen molar-refractivity contribution in [2.24, 2.45) is 5.41 Å². The SMILES string of the molecule is C#CCN(C(=O)O)c1cnc(N2CCC[C@@]3(CCN([C@H]4CC[C@H](O)CC4)C3=O)C2)c(OC)c1. The molecule has 4 rings (SSSR count). The van der Waals surface area contributed by atoms with Gasteiger partial charge in [0.1, 0.15) is 0 Å². The zero-order valence-corrected chi connectivity index (χ0v) is 19.1. The molecule has 178 valence electrons. The Morgan fingerprint density at radius 1 is 1.33 bits per heavy atom. The van der Waals surface area contributed by atoms with Crippen molar-refractivity contribution >= 4 is 23.5 Å². The molecule has 9 heteroatoms. The second kappa shape index (κ2) is 9.48. The number of aliphatic hydroxyl groups excluding tert-OH is 1. The molecule has 0 bridgehead atoms. The monoisotopic (exact) mass is 456 g/mol. The van der Waals surface area contributed by atoms with E-state index in [1.807, 2.05) is 4.90 Å². The number of hydrogen-bond acceptors (Lipinski definition) is 6. The van der Waals surface area contributed by atoms with E-state index in [4.69, 9.17) is 11.2 Å². The minimum absolute atomic E-state index is 0.0884. The van der Waals surface area contributed by atoms with E-state index >= 15 is 0 Å². The van der Waals surface area contributed by atoms with Crippen LogP contribution >= 0.6 is 0 Å². The summed E-state index contributed by atoms with van der Waals surface area (Å²) in [6.07, 6.45) is 11.2. The normalized spacial score (nSPS) is 27.5. The molecule has 1 aromatic heterocycles. The van der Waals surface area contributed by atoms with Gasteiger partial charge in [0.15, 0.2) is 11.6 Å². The molecule has 1 saturated carbocycles. The second-order valence-electron chi connectivity index (χ2n) is 9.31. The highest BCUT2D eigenvalue weighted by Crippen LogP contribution is 2.44. The van der Waals surface area contributed by atoms with Crippen molar-refractivity contribution in [3.63, 3.8) is 0 Å². The number of amides is 2. The molecule has 9 nitrogen and oxygen atoms in total. The summed E-state index contributed by atoms with van der Waals surface area (Å²) in [6, 6.07) is 1.85. The maximum atomic E-state index is 13.6. The van der Waals surface area contributed by atoms with Gasteiger partial charge in [-0.1, -0.05) is 5.92 Å². The van der Waals surface area contributed by atoms with Crippen LogP contribution in [0.25, 0.3) is 0 Å². The lowest BCUT2D eigenvalue weighted by Gasteiger charge is -2.41. The molecular weight excluding hydrogens is 424 g/mol. The van der Waals surface area contributed by atoms with E-state index in [2.05, 4.69) is 15.8 Å². The van der Waals surface area contributed by atoms with Crippen LogP contribution in [0, 0.1) is 17.8 Å². The van der Waals surface area contributed by atoms with Gasteiger partial charge in [0.2, 0.25) is 5.91 Å². The standard InChI is InChI=1S/C24H32N4O5/c1-3-11-28(23(31)32)18-14-20(33-2)21(25-15-18)26-12-4-9-24(16-26)10-13-27(22(24)30)17-5-7-19(29)8-6-17/h1,14-15,17,19,29H,4-13,16H2,2H3,(H,31,32)/t17-,19-,24-/m1/s1. The van der Waals surface area contributed by atoms with Crippen LogP contribution in [0.15, 0.2) is 12.3 Å². The Hall–Kier alpha value is -2.99. The van der Waals surface area contributed by atoms with Crippen LogP contribution in [-0.2, 0) is 4.79 Å². The van der Waals surface area contributed by atoms with E-state index in [0.717, 1.165) is 62.9 Å². The number of methoxy groups -OCH3 is 1. The van der Waals surface area contributed by atoms with Crippen LogP contribution in [0.3, 0.4) is 0 Å². The van der Waals surface area contributed by atoms with Gasteiger partial charge in [-0.3, -0.25) is 9.69 Å². The molecule has 3 aliphatic rings. The van der Waals surface area contributed by atoms with Gasteiger partial charge in [-0.05, 0) is 44.9 Å². The van der Waals surface area contributed by atoms with Crippen LogP contribution in [0.4, 0.5) is 16.3 Å². The highest BCUT2D eigenvalue weighted by molar-refractivity contribution is 5.88. The van der Waals surface area contributed by atoms with Gasteiger partial charge in [0, 0.05) is 31.7 Å². The summed E-state index contributed by atoms with van der Waals surface area (Å²) >= 11 is 0. The Bertz CT molecular complexity index is 939. The number of anilines is 2. The number of carbonyl (C=O) groups is 2. The van der Waals surface area contributed by atoms with Gasteiger partial charge in [-0.2, -0.15) is 0 Å². The summed E-state index contributed by atoms with van der Waals surface area (Å²) < 4.78 is 5.56. The van der Waals surface area contributed by atoms with Crippen molar-refractivity contribution in [2.75, 3.05) is 43.1 Å². The lowest BCUT2D eigenvalue weighted by atomic mass is 9.78. The smallest absolute Gasteiger partial charge is 0.412 e. The molecule has 33 heavy (non-hydrogen) atoms. The summed E-state index contributed by atoms with van der Waals surface area (Å²) in [5, 5.41) is 19.3. The van der Waals surface area contributed by atoms with Gasteiger partial charge >= 0.3 is 6.09 Å². The molecule has 2 amide bonds. The highest BCUT2D eigenvalue weighted by Gasteiger charge is 2.51. The summed E-state index contributed by atoms with van der Waals surface area (Å²) in [6.45, 7) is 1.99. The number of nitrogens with zero attached hydrogens (tertiary/aromatic N) is 4.